The van der Waals surface area contributed by atoms with Crippen LogP contribution in [-0.4, -0.2) is 30.6 Å². The van der Waals surface area contributed by atoms with Crippen molar-refractivity contribution in [3.63, 3.8) is 0 Å². The second-order valence-electron chi connectivity index (χ2n) is 1.77. The standard InChI is InChI=1S/C5H7BrO3/c1-8-5(7)4-3(2-6)9-4/h3-4H,2H2,1H3/t3?,4-/m0/s1. The third-order valence-electron chi connectivity index (χ3n) is 1.17. The van der Waals surface area contributed by atoms with Gasteiger partial charge < -0.3 is 9.47 Å². The second-order valence-corrected chi connectivity index (χ2v) is 2.42. The maximum absolute atomic E-state index is 10.6. The van der Waals surface area contributed by atoms with Gasteiger partial charge in [0.15, 0.2) is 6.10 Å². The van der Waals surface area contributed by atoms with Gasteiger partial charge in [0, 0.05) is 5.33 Å². The van der Waals surface area contributed by atoms with Gasteiger partial charge in [0.2, 0.25) is 0 Å². The van der Waals surface area contributed by atoms with Crippen LogP contribution in [0.3, 0.4) is 0 Å². The predicted octanol–water partition coefficient (Wildman–Crippen LogP) is 0.322. The number of halogens is 1. The highest BCUT2D eigenvalue weighted by Gasteiger charge is 2.44. The number of alkyl halides is 1. The van der Waals surface area contributed by atoms with E-state index in [0.29, 0.717) is 5.33 Å². The number of epoxide rings is 1. The zero-order valence-corrected chi connectivity index (χ0v) is 6.55. The van der Waals surface area contributed by atoms with Gasteiger partial charge in [-0.1, -0.05) is 15.9 Å². The lowest BCUT2D eigenvalue weighted by Gasteiger charge is -1.89. The van der Waals surface area contributed by atoms with E-state index in [1.54, 1.807) is 0 Å². The quantitative estimate of drug-likeness (QED) is 0.362. The first-order valence-corrected chi connectivity index (χ1v) is 3.71. The Balaban J connectivity index is 2.25. The Bertz CT molecular complexity index is 125. The molecule has 0 N–H and O–H groups in total. The number of esters is 1. The zero-order valence-electron chi connectivity index (χ0n) is 4.96. The van der Waals surface area contributed by atoms with Gasteiger partial charge in [-0.05, 0) is 0 Å². The number of carbonyl (C=O) groups excluding carboxylic acids is 1. The van der Waals surface area contributed by atoms with Crippen LogP contribution in [0.25, 0.3) is 0 Å². The molecule has 52 valence electrons. The predicted molar refractivity (Wildman–Crippen MR) is 34.5 cm³/mol. The van der Waals surface area contributed by atoms with Gasteiger partial charge in [-0.2, -0.15) is 0 Å². The third-order valence-corrected chi connectivity index (χ3v) is 1.81. The minimum absolute atomic E-state index is 0.0393. The van der Waals surface area contributed by atoms with Crippen LogP contribution in [0, 0.1) is 0 Å². The molecular formula is C5H7BrO3. The van der Waals surface area contributed by atoms with Crippen molar-refractivity contribution < 1.29 is 14.3 Å². The molecule has 3 nitrogen and oxygen atoms in total. The van der Waals surface area contributed by atoms with E-state index in [1.807, 2.05) is 0 Å². The van der Waals surface area contributed by atoms with Crippen LogP contribution in [0.5, 0.6) is 0 Å². The lowest BCUT2D eigenvalue weighted by Crippen LogP contribution is -2.11. The maximum atomic E-state index is 10.6. The summed E-state index contributed by atoms with van der Waals surface area (Å²) in [6, 6.07) is 0. The minimum Gasteiger partial charge on any atom is -0.467 e. The molecule has 0 saturated carbocycles. The molecule has 0 aromatic rings. The molecule has 1 unspecified atom stereocenters. The van der Waals surface area contributed by atoms with Crippen LogP contribution in [0.15, 0.2) is 0 Å². The van der Waals surface area contributed by atoms with Crippen molar-refractivity contribution in [2.24, 2.45) is 0 Å². The highest BCUT2D eigenvalue weighted by Crippen LogP contribution is 2.24. The van der Waals surface area contributed by atoms with E-state index in [4.69, 9.17) is 4.74 Å². The summed E-state index contributed by atoms with van der Waals surface area (Å²) in [5.41, 5.74) is 0. The van der Waals surface area contributed by atoms with Crippen molar-refractivity contribution in [3.05, 3.63) is 0 Å². The Hall–Kier alpha value is -0.0900. The molecule has 1 saturated heterocycles. The molecule has 0 bridgehead atoms. The van der Waals surface area contributed by atoms with Gasteiger partial charge in [0.1, 0.15) is 6.10 Å². The summed E-state index contributed by atoms with van der Waals surface area (Å²) in [5.74, 6) is -0.278. The van der Waals surface area contributed by atoms with Gasteiger partial charge >= 0.3 is 5.97 Å². The van der Waals surface area contributed by atoms with Crippen LogP contribution in [0.2, 0.25) is 0 Å². The molecule has 1 fully saturated rings. The average molecular weight is 195 g/mol. The molecule has 9 heavy (non-hydrogen) atoms. The van der Waals surface area contributed by atoms with E-state index in [0.717, 1.165) is 0 Å². The van der Waals surface area contributed by atoms with Crippen LogP contribution in [0.4, 0.5) is 0 Å². The Morgan fingerprint density at radius 1 is 1.89 bits per heavy atom. The molecule has 0 aromatic carbocycles. The van der Waals surface area contributed by atoms with E-state index in [2.05, 4.69) is 20.7 Å². The first-order valence-electron chi connectivity index (χ1n) is 2.59. The van der Waals surface area contributed by atoms with Crippen LogP contribution < -0.4 is 0 Å². The van der Waals surface area contributed by atoms with E-state index >= 15 is 0 Å². The molecule has 0 radical (unpaired) electrons. The van der Waals surface area contributed by atoms with E-state index in [9.17, 15) is 4.79 Å². The van der Waals surface area contributed by atoms with Gasteiger partial charge in [0.05, 0.1) is 7.11 Å². The Morgan fingerprint density at radius 3 is 2.89 bits per heavy atom. The number of hydrogen-bond donors (Lipinski definition) is 0. The van der Waals surface area contributed by atoms with Crippen molar-refractivity contribution >= 4 is 21.9 Å². The highest BCUT2D eigenvalue weighted by molar-refractivity contribution is 9.09. The summed E-state index contributed by atoms with van der Waals surface area (Å²) in [7, 11) is 1.36. The lowest BCUT2D eigenvalue weighted by atomic mass is 10.3. The largest absolute Gasteiger partial charge is 0.467 e. The van der Waals surface area contributed by atoms with Crippen LogP contribution >= 0.6 is 15.9 Å². The smallest absolute Gasteiger partial charge is 0.337 e. The molecule has 0 spiro atoms. The Kier molecular flexibility index (Phi) is 2.08. The van der Waals surface area contributed by atoms with Crippen molar-refractivity contribution in [1.82, 2.24) is 0 Å². The summed E-state index contributed by atoms with van der Waals surface area (Å²) >= 11 is 3.18. The fourth-order valence-corrected chi connectivity index (χ4v) is 1.08. The van der Waals surface area contributed by atoms with Crippen molar-refractivity contribution in [2.75, 3.05) is 12.4 Å². The lowest BCUT2D eigenvalue weighted by molar-refractivity contribution is -0.142. The molecule has 0 aromatic heterocycles. The summed E-state index contributed by atoms with van der Waals surface area (Å²) in [5, 5.41) is 0.701. The number of rotatable bonds is 2. The van der Waals surface area contributed by atoms with E-state index in [1.165, 1.54) is 7.11 Å². The SMILES string of the molecule is COC(=O)[C@H]1OC1CBr. The molecule has 0 amide bonds. The van der Waals surface area contributed by atoms with Gasteiger partial charge in [-0.15, -0.1) is 0 Å². The molecule has 4 heteroatoms. The normalized spacial score (nSPS) is 31.8. The highest BCUT2D eigenvalue weighted by atomic mass is 79.9. The first kappa shape index (κ1) is 7.02. The monoisotopic (exact) mass is 194 g/mol. The van der Waals surface area contributed by atoms with Gasteiger partial charge in [-0.3, -0.25) is 0 Å². The number of ether oxygens (including phenoxy) is 2. The van der Waals surface area contributed by atoms with Crippen molar-refractivity contribution in [1.29, 1.82) is 0 Å². The molecule has 1 aliphatic rings. The average Bonchev–Trinajstić information content (AvgIpc) is 2.64. The molecule has 1 heterocycles. The number of carbonyl (C=O) groups is 1. The fraction of sp³-hybridized carbons (Fsp3) is 0.800. The summed E-state index contributed by atoms with van der Waals surface area (Å²) in [4.78, 5) is 10.6. The fourth-order valence-electron chi connectivity index (χ4n) is 0.584. The summed E-state index contributed by atoms with van der Waals surface area (Å²) in [6.45, 7) is 0. The van der Waals surface area contributed by atoms with Crippen LogP contribution in [-0.2, 0) is 14.3 Å². The Labute approximate surface area is 61.4 Å². The van der Waals surface area contributed by atoms with Crippen molar-refractivity contribution in [3.8, 4) is 0 Å². The van der Waals surface area contributed by atoms with E-state index < -0.39 is 0 Å². The molecular weight excluding hydrogens is 188 g/mol. The van der Waals surface area contributed by atoms with Crippen molar-refractivity contribution in [2.45, 2.75) is 12.2 Å². The zero-order chi connectivity index (χ0) is 6.85. The van der Waals surface area contributed by atoms with E-state index in [-0.39, 0.29) is 18.2 Å². The molecule has 1 rings (SSSR count). The summed E-state index contributed by atoms with van der Waals surface area (Å²) < 4.78 is 9.32. The second kappa shape index (κ2) is 2.66. The molecule has 0 aliphatic carbocycles. The van der Waals surface area contributed by atoms with Gasteiger partial charge in [-0.25, -0.2) is 4.79 Å². The maximum Gasteiger partial charge on any atom is 0.337 e. The first-order chi connectivity index (χ1) is 4.29. The minimum atomic E-state index is -0.311. The number of methoxy groups -OCH3 is 1. The topological polar surface area (TPSA) is 38.8 Å². The summed E-state index contributed by atoms with van der Waals surface area (Å²) in [6.07, 6.45) is -0.271. The Morgan fingerprint density at radius 2 is 2.56 bits per heavy atom. The molecule has 1 aliphatic heterocycles. The van der Waals surface area contributed by atoms with Crippen LogP contribution in [0.1, 0.15) is 0 Å². The van der Waals surface area contributed by atoms with Gasteiger partial charge in [0.25, 0.3) is 0 Å². The third kappa shape index (κ3) is 1.43. The number of hydrogen-bond acceptors (Lipinski definition) is 3. The molecule has 2 atom stereocenters.